The highest BCUT2D eigenvalue weighted by molar-refractivity contribution is 5.91. The Morgan fingerprint density at radius 1 is 1.32 bits per heavy atom. The number of rotatable bonds is 5. The van der Waals surface area contributed by atoms with Crippen molar-refractivity contribution in [3.63, 3.8) is 0 Å². The van der Waals surface area contributed by atoms with Crippen LogP contribution in [0, 0.1) is 12.7 Å². The van der Waals surface area contributed by atoms with Crippen molar-refractivity contribution in [1.82, 2.24) is 14.5 Å². The summed E-state index contributed by atoms with van der Waals surface area (Å²) in [5, 5.41) is 3.33. The first-order chi connectivity index (χ1) is 13.4. The molecule has 0 aromatic carbocycles. The molecule has 28 heavy (non-hydrogen) atoms. The van der Waals surface area contributed by atoms with Crippen LogP contribution in [0.4, 0.5) is 14.6 Å². The van der Waals surface area contributed by atoms with Crippen molar-refractivity contribution in [2.24, 2.45) is 7.05 Å². The smallest absolute Gasteiger partial charge is 0.226 e. The third-order valence-electron chi connectivity index (χ3n) is 4.02. The highest BCUT2D eigenvalue weighted by atomic mass is 19.1. The Morgan fingerprint density at radius 3 is 2.57 bits per heavy atom. The van der Waals surface area contributed by atoms with Crippen molar-refractivity contribution >= 4 is 23.1 Å². The summed E-state index contributed by atoms with van der Waals surface area (Å²) >= 11 is 0. The molecule has 0 fully saturated rings. The van der Waals surface area contributed by atoms with Crippen LogP contribution in [0.1, 0.15) is 14.0 Å². The fraction of sp³-hybridized carbons (Fsp3) is 0.316. The van der Waals surface area contributed by atoms with Gasteiger partial charge in [-0.25, -0.2) is 14.4 Å². The van der Waals surface area contributed by atoms with E-state index in [4.69, 9.17) is 9.47 Å². The van der Waals surface area contributed by atoms with E-state index in [1.807, 2.05) is 17.7 Å². The fourth-order valence-corrected chi connectivity index (χ4v) is 2.81. The Balaban J connectivity index is 0.000000990. The molecule has 0 bridgehead atoms. The Labute approximate surface area is 162 Å². The second-order valence-electron chi connectivity index (χ2n) is 5.68. The molecule has 0 saturated heterocycles. The summed E-state index contributed by atoms with van der Waals surface area (Å²) in [5.74, 6) is 0.215. The second-order valence-corrected chi connectivity index (χ2v) is 5.68. The van der Waals surface area contributed by atoms with Crippen LogP contribution < -0.4 is 14.8 Å². The zero-order chi connectivity index (χ0) is 20.8. The zero-order valence-corrected chi connectivity index (χ0v) is 16.3. The average Bonchev–Trinajstić information content (AvgIpc) is 3.00. The largest absolute Gasteiger partial charge is 0.493 e. The number of anilines is 1. The van der Waals surface area contributed by atoms with Gasteiger partial charge in [0.15, 0.2) is 11.6 Å². The van der Waals surface area contributed by atoms with Crippen LogP contribution in [0.15, 0.2) is 18.3 Å². The summed E-state index contributed by atoms with van der Waals surface area (Å²) in [7, 11) is 4.69. The van der Waals surface area contributed by atoms with Gasteiger partial charge in [-0.3, -0.25) is 9.18 Å². The van der Waals surface area contributed by atoms with Gasteiger partial charge >= 0.3 is 0 Å². The molecular formula is C19H24F2N4O3. The van der Waals surface area contributed by atoms with E-state index < -0.39 is 5.82 Å². The highest BCUT2D eigenvalue weighted by Gasteiger charge is 2.24. The average molecular weight is 394 g/mol. The van der Waals surface area contributed by atoms with E-state index in [-0.39, 0.29) is 25.4 Å². The van der Waals surface area contributed by atoms with Crippen LogP contribution in [0.5, 0.6) is 11.6 Å². The number of carbonyl (C=O) groups excluding carboxylic acids is 1. The van der Waals surface area contributed by atoms with E-state index in [1.165, 1.54) is 21.1 Å². The number of methoxy groups -OCH3 is 2. The molecule has 3 aromatic rings. The summed E-state index contributed by atoms with van der Waals surface area (Å²) in [4.78, 5) is 18.9. The van der Waals surface area contributed by atoms with Gasteiger partial charge in [-0.2, -0.15) is 0 Å². The summed E-state index contributed by atoms with van der Waals surface area (Å²) in [5.41, 5.74) is 2.06. The number of halogens is 2. The molecule has 0 spiro atoms. The first-order valence-electron chi connectivity index (χ1n) is 8.43. The number of nitrogens with zero attached hydrogens (tertiary/aromatic N) is 3. The molecule has 0 atom stereocenters. The topological polar surface area (TPSA) is 78.3 Å². The van der Waals surface area contributed by atoms with Crippen molar-refractivity contribution < 1.29 is 24.5 Å². The summed E-state index contributed by atoms with van der Waals surface area (Å²) in [6, 6.07) is 3.56. The van der Waals surface area contributed by atoms with Gasteiger partial charge in [0, 0.05) is 13.9 Å². The summed E-state index contributed by atoms with van der Waals surface area (Å²) in [6.07, 6.45) is 2.19. The lowest BCUT2D eigenvalue weighted by molar-refractivity contribution is -0.105. The molecule has 0 saturated carbocycles. The minimum atomic E-state index is -0.537. The van der Waals surface area contributed by atoms with Crippen LogP contribution in [-0.4, -0.2) is 41.8 Å². The number of alkyl halides is 1. The normalized spacial score (nSPS) is 10.2. The first kappa shape index (κ1) is 21.1. The number of amides is 1. The van der Waals surface area contributed by atoms with Gasteiger partial charge in [-0.1, -0.05) is 0 Å². The number of ether oxygens (including phenoxy) is 2. The van der Waals surface area contributed by atoms with E-state index in [0.717, 1.165) is 10.9 Å². The first-order valence-corrected chi connectivity index (χ1v) is 8.43. The molecule has 9 heteroatoms. The maximum atomic E-state index is 14.5. The molecule has 3 aromatic heterocycles. The van der Waals surface area contributed by atoms with Gasteiger partial charge in [-0.05, 0) is 26.0 Å². The highest BCUT2D eigenvalue weighted by Crippen LogP contribution is 2.41. The number of aryl methyl sites for hydroxylation is 2. The lowest BCUT2D eigenvalue weighted by Crippen LogP contribution is -2.04. The van der Waals surface area contributed by atoms with Gasteiger partial charge in [-0.15, -0.1) is 0 Å². The third kappa shape index (κ3) is 3.88. The number of hydrogen-bond donors (Lipinski definition) is 1. The van der Waals surface area contributed by atoms with Crippen molar-refractivity contribution in [3.05, 3.63) is 29.8 Å². The molecular weight excluding hydrogens is 370 g/mol. The van der Waals surface area contributed by atoms with Gasteiger partial charge in [0.1, 0.15) is 11.4 Å². The molecule has 0 unspecified atom stereocenters. The van der Waals surface area contributed by atoms with E-state index in [0.29, 0.717) is 23.5 Å². The molecule has 0 radical (unpaired) electrons. The Bertz CT molecular complexity index is 995. The number of carbonyl (C=O) groups is 1. The van der Waals surface area contributed by atoms with Gasteiger partial charge < -0.3 is 19.4 Å². The van der Waals surface area contributed by atoms with E-state index in [2.05, 4.69) is 15.3 Å². The minimum Gasteiger partial charge on any atom is -0.493 e. The van der Waals surface area contributed by atoms with Crippen molar-refractivity contribution in [3.8, 4) is 22.9 Å². The number of hydrogen-bond acceptors (Lipinski definition) is 5. The molecule has 0 aliphatic carbocycles. The Morgan fingerprint density at radius 2 is 2.00 bits per heavy atom. The Hall–Kier alpha value is -3.23. The van der Waals surface area contributed by atoms with Gasteiger partial charge in [0.2, 0.25) is 12.3 Å². The summed E-state index contributed by atoms with van der Waals surface area (Å²) < 4.78 is 37.3. The number of aromatic nitrogens is 3. The maximum Gasteiger partial charge on any atom is 0.226 e. The predicted molar refractivity (Wildman–Crippen MR) is 105 cm³/mol. The minimum absolute atomic E-state index is 0. The summed E-state index contributed by atoms with van der Waals surface area (Å²) in [6.45, 7) is 2.76. The Kier molecular flexibility index (Phi) is 6.86. The maximum absolute atomic E-state index is 14.5. The van der Waals surface area contributed by atoms with Gasteiger partial charge in [0.25, 0.3) is 0 Å². The zero-order valence-electron chi connectivity index (χ0n) is 16.3. The molecule has 1 amide bonds. The SMILES string of the molecule is CCF.COc1nc(C)c(F)c(OC)c1-c1cc2cc(NC=O)ncc2n1C.[HH]. The molecule has 152 valence electrons. The van der Waals surface area contributed by atoms with Crippen molar-refractivity contribution in [2.45, 2.75) is 13.8 Å². The molecule has 3 rings (SSSR count). The van der Waals surface area contributed by atoms with Crippen LogP contribution in [0.3, 0.4) is 0 Å². The van der Waals surface area contributed by atoms with Crippen molar-refractivity contribution in [1.29, 1.82) is 0 Å². The quantitative estimate of drug-likeness (QED) is 0.664. The van der Waals surface area contributed by atoms with E-state index in [9.17, 15) is 13.6 Å². The lowest BCUT2D eigenvalue weighted by atomic mass is 10.1. The van der Waals surface area contributed by atoms with E-state index >= 15 is 0 Å². The van der Waals surface area contributed by atoms with Crippen LogP contribution >= 0.6 is 0 Å². The van der Waals surface area contributed by atoms with Crippen molar-refractivity contribution in [2.75, 3.05) is 26.2 Å². The number of pyridine rings is 2. The molecule has 0 aliphatic rings. The third-order valence-corrected chi connectivity index (χ3v) is 4.02. The van der Waals surface area contributed by atoms with Gasteiger partial charge in [0.05, 0.1) is 44.0 Å². The van der Waals surface area contributed by atoms with Crippen LogP contribution in [0.25, 0.3) is 22.2 Å². The predicted octanol–water partition coefficient (Wildman–Crippen LogP) is 3.89. The number of nitrogens with one attached hydrogen (secondary N) is 1. The molecule has 3 heterocycles. The van der Waals surface area contributed by atoms with E-state index in [1.54, 1.807) is 19.2 Å². The standard InChI is InChI=1S/C17H17FN4O3.C2H5F.H2/c1-9-15(18)16(24-3)14(17(21-9)25-4)11-5-10-6-13(20-8-23)19-7-12(10)22(11)2;1-2-3;/h5-8H,1-4H3,(H,19,20,23);2H2,1H3;1H. The van der Waals surface area contributed by atoms with Crippen LogP contribution in [-0.2, 0) is 11.8 Å². The second kappa shape index (κ2) is 9.12. The molecule has 1 N–H and O–H groups in total. The van der Waals surface area contributed by atoms with Crippen LogP contribution in [0.2, 0.25) is 0 Å². The molecule has 0 aliphatic heterocycles. The lowest BCUT2D eigenvalue weighted by Gasteiger charge is -2.15. The number of fused-ring (bicyclic) bond motifs is 1. The monoisotopic (exact) mass is 394 g/mol. The molecule has 7 nitrogen and oxygen atoms in total. The fourth-order valence-electron chi connectivity index (χ4n) is 2.81.